The van der Waals surface area contributed by atoms with Crippen LogP contribution in [0.4, 0.5) is 0 Å². The first-order valence-electron chi connectivity index (χ1n) is 10.6. The van der Waals surface area contributed by atoms with E-state index in [0.29, 0.717) is 54.1 Å². The molecule has 1 N–H and O–H groups in total. The Labute approximate surface area is 184 Å². The number of ether oxygens (including phenoxy) is 2. The largest absolute Gasteiger partial charge is 0.477 e. The molecule has 0 aliphatic carbocycles. The van der Waals surface area contributed by atoms with Crippen molar-refractivity contribution in [3.63, 3.8) is 0 Å². The number of carbonyl (C=O) groups is 1. The second kappa shape index (κ2) is 7.81. The second-order valence-electron chi connectivity index (χ2n) is 9.19. The Morgan fingerprint density at radius 2 is 2.09 bits per heavy atom. The van der Waals surface area contributed by atoms with Gasteiger partial charge in [0.1, 0.15) is 17.9 Å². The molecule has 166 valence electrons. The zero-order valence-corrected chi connectivity index (χ0v) is 18.3. The molecule has 0 unspecified atom stereocenters. The van der Waals surface area contributed by atoms with Crippen LogP contribution in [0.3, 0.4) is 0 Å². The highest BCUT2D eigenvalue weighted by atomic mass is 16.5. The number of furan rings is 1. The van der Waals surface area contributed by atoms with Gasteiger partial charge in [0.15, 0.2) is 11.4 Å². The average molecular weight is 435 g/mol. The molecule has 0 radical (unpaired) electrons. The minimum absolute atomic E-state index is 0.0108. The fourth-order valence-corrected chi connectivity index (χ4v) is 3.55. The van der Waals surface area contributed by atoms with Gasteiger partial charge in [-0.1, -0.05) is 20.8 Å². The summed E-state index contributed by atoms with van der Waals surface area (Å²) in [5.41, 5.74) is 2.06. The third-order valence-corrected chi connectivity index (χ3v) is 5.16. The first-order valence-corrected chi connectivity index (χ1v) is 10.6. The molecule has 1 fully saturated rings. The smallest absolute Gasteiger partial charge is 0.231 e. The number of pyridine rings is 1. The Morgan fingerprint density at radius 1 is 1.22 bits per heavy atom. The van der Waals surface area contributed by atoms with Crippen molar-refractivity contribution in [1.82, 2.24) is 24.9 Å². The summed E-state index contributed by atoms with van der Waals surface area (Å²) in [6, 6.07) is 7.32. The van der Waals surface area contributed by atoms with Crippen molar-refractivity contribution in [1.29, 1.82) is 0 Å². The van der Waals surface area contributed by atoms with E-state index in [4.69, 9.17) is 13.9 Å². The molecule has 0 bridgehead atoms. The van der Waals surface area contributed by atoms with E-state index in [2.05, 4.69) is 41.2 Å². The van der Waals surface area contributed by atoms with Crippen LogP contribution in [0.1, 0.15) is 33.6 Å². The van der Waals surface area contributed by atoms with Crippen molar-refractivity contribution in [3.05, 3.63) is 36.7 Å². The van der Waals surface area contributed by atoms with Gasteiger partial charge in [0.05, 0.1) is 24.2 Å². The summed E-state index contributed by atoms with van der Waals surface area (Å²) in [6.07, 6.45) is 4.69. The number of nitrogens with one attached hydrogen (secondary N) is 1. The lowest BCUT2D eigenvalue weighted by Gasteiger charge is -2.18. The van der Waals surface area contributed by atoms with Crippen LogP contribution in [0, 0.1) is 5.41 Å². The molecule has 4 aromatic rings. The van der Waals surface area contributed by atoms with E-state index in [1.807, 2.05) is 18.2 Å². The molecule has 1 amide bonds. The lowest BCUT2D eigenvalue weighted by atomic mass is 9.99. The standard InChI is InChI=1S/C23H25N5O4/c1-23(2,3)13-31-22-15-10-18(32-17(15)8-9-24-22)16-11-25-19-5-7-21(27-28(16)19)30-12-14-4-6-20(29)26-14/h5,7-11,14H,4,6,12-13H2,1-3H3,(H,26,29)/t14-/m1/s1. The van der Waals surface area contributed by atoms with Gasteiger partial charge in [-0.2, -0.15) is 0 Å². The Bertz CT molecular complexity index is 1290. The van der Waals surface area contributed by atoms with Crippen LogP contribution in [0.25, 0.3) is 28.1 Å². The highest BCUT2D eigenvalue weighted by Crippen LogP contribution is 2.33. The molecule has 32 heavy (non-hydrogen) atoms. The summed E-state index contributed by atoms with van der Waals surface area (Å²) >= 11 is 0. The van der Waals surface area contributed by atoms with Crippen LogP contribution in [0.2, 0.25) is 0 Å². The third kappa shape index (κ3) is 4.10. The van der Waals surface area contributed by atoms with Crippen LogP contribution in [0.15, 0.2) is 41.1 Å². The van der Waals surface area contributed by atoms with Crippen molar-refractivity contribution in [2.24, 2.45) is 5.41 Å². The molecule has 1 aliphatic rings. The molecule has 5 rings (SSSR count). The number of rotatable bonds is 6. The summed E-state index contributed by atoms with van der Waals surface area (Å²) in [5.74, 6) is 1.65. The quantitative estimate of drug-likeness (QED) is 0.493. The third-order valence-electron chi connectivity index (χ3n) is 5.16. The average Bonchev–Trinajstić information content (AvgIpc) is 3.47. The molecule has 0 spiro atoms. The van der Waals surface area contributed by atoms with Gasteiger partial charge in [-0.3, -0.25) is 4.79 Å². The van der Waals surface area contributed by atoms with Gasteiger partial charge in [-0.05, 0) is 24.0 Å². The maximum Gasteiger partial charge on any atom is 0.231 e. The van der Waals surface area contributed by atoms with E-state index in [1.165, 1.54) is 0 Å². The maximum atomic E-state index is 11.4. The number of aromatic nitrogens is 4. The molecule has 4 aromatic heterocycles. The van der Waals surface area contributed by atoms with Crippen molar-refractivity contribution in [2.75, 3.05) is 13.2 Å². The Hall–Kier alpha value is -3.62. The van der Waals surface area contributed by atoms with Gasteiger partial charge in [-0.15, -0.1) is 5.10 Å². The van der Waals surface area contributed by atoms with E-state index in [1.54, 1.807) is 23.0 Å². The van der Waals surface area contributed by atoms with Gasteiger partial charge < -0.3 is 19.2 Å². The molecule has 1 atom stereocenters. The first-order chi connectivity index (χ1) is 15.4. The lowest BCUT2D eigenvalue weighted by Crippen LogP contribution is -2.31. The molecule has 9 nitrogen and oxygen atoms in total. The fourth-order valence-electron chi connectivity index (χ4n) is 3.55. The minimum Gasteiger partial charge on any atom is -0.477 e. The van der Waals surface area contributed by atoms with Gasteiger partial charge in [0, 0.05) is 24.8 Å². The van der Waals surface area contributed by atoms with Crippen LogP contribution in [-0.4, -0.2) is 44.7 Å². The normalized spacial score (nSPS) is 16.6. The summed E-state index contributed by atoms with van der Waals surface area (Å²) < 4.78 is 19.5. The number of fused-ring (bicyclic) bond motifs is 2. The number of imidazole rings is 1. The molecule has 0 saturated carbocycles. The Kier molecular flexibility index (Phi) is 4.96. The topological polar surface area (TPSA) is 104 Å². The zero-order valence-electron chi connectivity index (χ0n) is 18.3. The Morgan fingerprint density at radius 3 is 2.88 bits per heavy atom. The minimum atomic E-state index is 0.0108. The van der Waals surface area contributed by atoms with E-state index in [0.717, 1.165) is 11.8 Å². The van der Waals surface area contributed by atoms with E-state index < -0.39 is 0 Å². The molecule has 0 aromatic carbocycles. The van der Waals surface area contributed by atoms with Gasteiger partial charge >= 0.3 is 0 Å². The van der Waals surface area contributed by atoms with Crippen LogP contribution in [-0.2, 0) is 4.79 Å². The van der Waals surface area contributed by atoms with Crippen LogP contribution < -0.4 is 14.8 Å². The SMILES string of the molecule is CC(C)(C)COc1nccc2oc(-c3cnc4ccc(OC[C@H]5CCC(=O)N5)nn34)cc12. The fraction of sp³-hybridized carbons (Fsp3) is 0.391. The van der Waals surface area contributed by atoms with E-state index in [9.17, 15) is 4.79 Å². The Balaban J connectivity index is 1.43. The number of nitrogens with zero attached hydrogens (tertiary/aromatic N) is 4. The number of hydrogen-bond donors (Lipinski definition) is 1. The molecule has 1 saturated heterocycles. The maximum absolute atomic E-state index is 11.4. The first kappa shape index (κ1) is 20.3. The molecule has 5 heterocycles. The van der Waals surface area contributed by atoms with Gasteiger partial charge in [-0.25, -0.2) is 14.5 Å². The van der Waals surface area contributed by atoms with E-state index in [-0.39, 0.29) is 17.4 Å². The number of amides is 1. The van der Waals surface area contributed by atoms with E-state index >= 15 is 0 Å². The predicted octanol–water partition coefficient (Wildman–Crippen LogP) is 3.62. The monoisotopic (exact) mass is 435 g/mol. The summed E-state index contributed by atoms with van der Waals surface area (Å²) in [4.78, 5) is 20.2. The summed E-state index contributed by atoms with van der Waals surface area (Å²) in [6.45, 7) is 7.24. The van der Waals surface area contributed by atoms with Gasteiger partial charge in [0.25, 0.3) is 0 Å². The van der Waals surface area contributed by atoms with Crippen molar-refractivity contribution in [3.8, 4) is 23.2 Å². The van der Waals surface area contributed by atoms with Crippen molar-refractivity contribution in [2.45, 2.75) is 39.7 Å². The number of carbonyl (C=O) groups excluding carboxylic acids is 1. The lowest BCUT2D eigenvalue weighted by molar-refractivity contribution is -0.119. The van der Waals surface area contributed by atoms with Crippen LogP contribution in [0.5, 0.6) is 11.8 Å². The second-order valence-corrected chi connectivity index (χ2v) is 9.19. The van der Waals surface area contributed by atoms with Crippen LogP contribution >= 0.6 is 0 Å². The molecule has 1 aliphatic heterocycles. The summed E-state index contributed by atoms with van der Waals surface area (Å²) in [5, 5.41) is 8.25. The van der Waals surface area contributed by atoms with Gasteiger partial charge in [0.2, 0.25) is 17.7 Å². The molecular formula is C23H25N5O4. The molecule has 9 heteroatoms. The predicted molar refractivity (Wildman–Crippen MR) is 118 cm³/mol. The van der Waals surface area contributed by atoms with Crippen molar-refractivity contribution >= 4 is 22.5 Å². The zero-order chi connectivity index (χ0) is 22.3. The highest BCUT2D eigenvalue weighted by Gasteiger charge is 2.22. The van der Waals surface area contributed by atoms with Crippen molar-refractivity contribution < 1.29 is 18.7 Å². The molecular weight excluding hydrogens is 410 g/mol. The number of hydrogen-bond acceptors (Lipinski definition) is 7. The highest BCUT2D eigenvalue weighted by molar-refractivity contribution is 5.86. The summed E-state index contributed by atoms with van der Waals surface area (Å²) in [7, 11) is 0.